The smallest absolute Gasteiger partial charge is 0.410 e. The predicted molar refractivity (Wildman–Crippen MR) is 48.7 cm³/mol. The summed E-state index contributed by atoms with van der Waals surface area (Å²) in [6.45, 7) is -0.0229. The molecule has 0 spiro atoms. The van der Waals surface area contributed by atoms with Gasteiger partial charge in [-0.25, -0.2) is 4.79 Å². The minimum Gasteiger partial charge on any atom is -0.481 e. The molecule has 0 aromatic carbocycles. The van der Waals surface area contributed by atoms with Crippen LogP contribution in [-0.4, -0.2) is 47.3 Å². The lowest BCUT2D eigenvalue weighted by molar-refractivity contribution is -0.359. The molecule has 0 saturated heterocycles. The molecule has 0 heterocycles. The second kappa shape index (κ2) is 5.64. The van der Waals surface area contributed by atoms with Crippen molar-refractivity contribution in [2.75, 3.05) is 6.61 Å². The van der Waals surface area contributed by atoms with E-state index in [1.807, 2.05) is 0 Å². The molecule has 0 aliphatic carbocycles. The fraction of sp³-hybridized carbons (Fsp3) is 0.778. The first-order valence-electron chi connectivity index (χ1n) is 5.05. The highest BCUT2D eigenvalue weighted by Crippen LogP contribution is 2.53. The Bertz CT molecular complexity index is 420. The van der Waals surface area contributed by atoms with E-state index in [-0.39, 0.29) is 0 Å². The molecule has 0 amide bonds. The number of carbonyl (C=O) groups excluding carboxylic acids is 1. The van der Waals surface area contributed by atoms with Crippen LogP contribution in [0, 0.1) is 0 Å². The van der Waals surface area contributed by atoms with Crippen LogP contribution in [0.15, 0.2) is 0 Å². The molecule has 12 heteroatoms. The van der Waals surface area contributed by atoms with Crippen LogP contribution in [0.1, 0.15) is 13.3 Å². The molecule has 0 aromatic heterocycles. The predicted octanol–water partition coefficient (Wildman–Crippen LogP) is 2.57. The molecule has 0 radical (unpaired) electrons. The lowest BCUT2D eigenvalue weighted by Gasteiger charge is -2.35. The van der Waals surface area contributed by atoms with Crippen LogP contribution < -0.4 is 0 Å². The van der Waals surface area contributed by atoms with Gasteiger partial charge in [-0.3, -0.25) is 4.79 Å². The Labute approximate surface area is 111 Å². The monoisotopic (exact) mass is 332 g/mol. The molecule has 0 saturated carbocycles. The van der Waals surface area contributed by atoms with Gasteiger partial charge in [-0.2, -0.15) is 35.1 Å². The summed E-state index contributed by atoms with van der Waals surface area (Å²) in [6, 6.07) is 0. The minimum absolute atomic E-state index is 0.878. The molecule has 0 unspecified atom stereocenters. The maximum Gasteiger partial charge on any atom is 0.410 e. The first-order valence-corrected chi connectivity index (χ1v) is 5.05. The Morgan fingerprint density at radius 2 is 1.38 bits per heavy atom. The van der Waals surface area contributed by atoms with E-state index in [1.54, 1.807) is 0 Å². The van der Waals surface area contributed by atoms with E-state index in [0.717, 1.165) is 6.92 Å². The molecule has 4 nitrogen and oxygen atoms in total. The number of ether oxygens (including phenoxy) is 1. The maximum atomic E-state index is 13.0. The van der Waals surface area contributed by atoms with Gasteiger partial charge in [0.1, 0.15) is 6.42 Å². The van der Waals surface area contributed by atoms with E-state index in [4.69, 9.17) is 5.11 Å². The summed E-state index contributed by atoms with van der Waals surface area (Å²) in [6.07, 6.45) is -2.84. The van der Waals surface area contributed by atoms with Crippen molar-refractivity contribution in [2.24, 2.45) is 0 Å². The summed E-state index contributed by atoms with van der Waals surface area (Å²) in [7, 11) is 0. The molecular weight excluding hydrogens is 324 g/mol. The van der Waals surface area contributed by atoms with Gasteiger partial charge >= 0.3 is 35.6 Å². The first kappa shape index (κ1) is 19.4. The maximum absolute atomic E-state index is 13.0. The largest absolute Gasteiger partial charge is 0.481 e. The van der Waals surface area contributed by atoms with E-state index in [2.05, 4.69) is 4.74 Å². The van der Waals surface area contributed by atoms with E-state index < -0.39 is 48.7 Å². The molecule has 124 valence electrons. The molecule has 0 bridgehead atoms. The molecule has 0 fully saturated rings. The molecule has 21 heavy (non-hydrogen) atoms. The van der Waals surface area contributed by atoms with Crippen molar-refractivity contribution in [3.8, 4) is 0 Å². The van der Waals surface area contributed by atoms with Crippen molar-refractivity contribution < 1.29 is 54.6 Å². The Morgan fingerprint density at radius 1 is 0.952 bits per heavy atom. The molecule has 0 aromatic rings. The Hall–Kier alpha value is -1.62. The van der Waals surface area contributed by atoms with Gasteiger partial charge in [-0.15, -0.1) is 0 Å². The normalized spacial score (nSPS) is 14.0. The summed E-state index contributed by atoms with van der Waals surface area (Å²) < 4.78 is 107. The topological polar surface area (TPSA) is 63.6 Å². The molecule has 0 rings (SSSR count). The summed E-state index contributed by atoms with van der Waals surface area (Å²) in [4.78, 5) is 20.5. The van der Waals surface area contributed by atoms with E-state index in [1.165, 1.54) is 0 Å². The molecule has 0 atom stereocenters. The minimum atomic E-state index is -6.87. The lowest BCUT2D eigenvalue weighted by atomic mass is 9.96. The van der Waals surface area contributed by atoms with Crippen LogP contribution >= 0.6 is 0 Å². The molecule has 1 N–H and O–H groups in total. The number of aliphatic carboxylic acids is 1. The van der Waals surface area contributed by atoms with E-state index in [9.17, 15) is 44.7 Å². The van der Waals surface area contributed by atoms with Crippen LogP contribution in [-0.2, 0) is 14.3 Å². The van der Waals surface area contributed by atoms with E-state index >= 15 is 0 Å². The summed E-state index contributed by atoms with van der Waals surface area (Å²) in [5.41, 5.74) is 0. The van der Waals surface area contributed by atoms with Crippen LogP contribution in [0.3, 0.4) is 0 Å². The Kier molecular flexibility index (Phi) is 5.20. The van der Waals surface area contributed by atoms with Crippen molar-refractivity contribution in [1.82, 2.24) is 0 Å². The highest BCUT2D eigenvalue weighted by atomic mass is 19.4. The Balaban J connectivity index is 5.75. The third-order valence-electron chi connectivity index (χ3n) is 2.15. The first-order chi connectivity index (χ1) is 9.15. The van der Waals surface area contributed by atoms with Gasteiger partial charge in [-0.1, -0.05) is 0 Å². The van der Waals surface area contributed by atoms with Crippen molar-refractivity contribution in [3.63, 3.8) is 0 Å². The van der Waals surface area contributed by atoms with Gasteiger partial charge < -0.3 is 9.84 Å². The average Bonchev–Trinajstić information content (AvgIpc) is 2.26. The third kappa shape index (κ3) is 3.18. The second-order valence-electron chi connectivity index (χ2n) is 3.72. The standard InChI is InChI=1S/C9H8F8O4/c1-2-21-5(20)7(12,13)9(16,17)8(14,15)6(10,11)3-4(18)19/h2-3H2,1H3,(H,18,19). The van der Waals surface area contributed by atoms with Crippen LogP contribution in [0.5, 0.6) is 0 Å². The summed E-state index contributed by atoms with van der Waals surface area (Å²) in [5.74, 6) is -31.8. The van der Waals surface area contributed by atoms with Crippen molar-refractivity contribution >= 4 is 11.9 Å². The summed E-state index contributed by atoms with van der Waals surface area (Å²) in [5, 5.41) is 7.94. The fourth-order valence-corrected chi connectivity index (χ4v) is 1.08. The number of carboxylic acids is 1. The van der Waals surface area contributed by atoms with Crippen molar-refractivity contribution in [2.45, 2.75) is 37.0 Å². The molecular formula is C9H8F8O4. The lowest BCUT2D eigenvalue weighted by Crippen LogP contribution is -2.65. The number of hydrogen-bond donors (Lipinski definition) is 1. The number of rotatable bonds is 7. The van der Waals surface area contributed by atoms with Gasteiger partial charge in [0.05, 0.1) is 6.61 Å². The molecule has 0 aliphatic heterocycles. The van der Waals surface area contributed by atoms with Crippen molar-refractivity contribution in [1.29, 1.82) is 0 Å². The number of hydrogen-bond acceptors (Lipinski definition) is 3. The number of carbonyl (C=O) groups is 2. The van der Waals surface area contributed by atoms with Crippen molar-refractivity contribution in [3.05, 3.63) is 0 Å². The van der Waals surface area contributed by atoms with E-state index in [0.29, 0.717) is 0 Å². The van der Waals surface area contributed by atoms with Crippen LogP contribution in [0.2, 0.25) is 0 Å². The third-order valence-corrected chi connectivity index (χ3v) is 2.15. The van der Waals surface area contributed by atoms with Gasteiger partial charge in [0.2, 0.25) is 0 Å². The Morgan fingerprint density at radius 3 is 1.71 bits per heavy atom. The zero-order chi connectivity index (χ0) is 17.3. The fourth-order valence-electron chi connectivity index (χ4n) is 1.08. The van der Waals surface area contributed by atoms with Crippen LogP contribution in [0.4, 0.5) is 35.1 Å². The highest BCUT2D eigenvalue weighted by molar-refractivity contribution is 5.79. The molecule has 0 aliphatic rings. The average molecular weight is 332 g/mol. The quantitative estimate of drug-likeness (QED) is 0.575. The summed E-state index contributed by atoms with van der Waals surface area (Å²) >= 11 is 0. The number of esters is 1. The highest BCUT2D eigenvalue weighted by Gasteiger charge is 2.83. The van der Waals surface area contributed by atoms with Gasteiger partial charge in [0.15, 0.2) is 0 Å². The SMILES string of the molecule is CCOC(=O)C(F)(F)C(F)(F)C(F)(F)C(F)(F)CC(=O)O. The van der Waals surface area contributed by atoms with Crippen LogP contribution in [0.25, 0.3) is 0 Å². The van der Waals surface area contributed by atoms with Gasteiger partial charge in [-0.05, 0) is 6.92 Å². The zero-order valence-corrected chi connectivity index (χ0v) is 10.1. The number of carboxylic acid groups (broad SMARTS) is 1. The number of halogens is 8. The van der Waals surface area contributed by atoms with Gasteiger partial charge in [0, 0.05) is 0 Å². The second-order valence-corrected chi connectivity index (χ2v) is 3.72. The van der Waals surface area contributed by atoms with Gasteiger partial charge in [0.25, 0.3) is 0 Å². The zero-order valence-electron chi connectivity index (χ0n) is 10.1. The number of alkyl halides is 8.